The fraction of sp³-hybridized carbons (Fsp3) is 0.310. The number of allylic oxidation sites excluding steroid dienone is 1. The monoisotopic (exact) mass is 566 g/mol. The number of fused-ring (bicyclic) bond motifs is 1. The van der Waals surface area contributed by atoms with Crippen molar-refractivity contribution in [3.8, 4) is 23.0 Å². The fourth-order valence-electron chi connectivity index (χ4n) is 4.41. The molecule has 0 fully saturated rings. The molecule has 1 aliphatic heterocycles. The van der Waals surface area contributed by atoms with Crippen LogP contribution in [0.25, 0.3) is 6.08 Å². The number of hydrogen-bond acceptors (Lipinski definition) is 10. The zero-order chi connectivity index (χ0) is 29.0. The zero-order valence-corrected chi connectivity index (χ0v) is 23.9. The lowest BCUT2D eigenvalue weighted by Gasteiger charge is -2.25. The highest BCUT2D eigenvalue weighted by atomic mass is 32.1. The van der Waals surface area contributed by atoms with Gasteiger partial charge in [0.15, 0.2) is 27.8 Å². The Balaban J connectivity index is 1.91. The summed E-state index contributed by atoms with van der Waals surface area (Å²) < 4.78 is 29.0. The Bertz CT molecular complexity index is 1670. The first-order valence-corrected chi connectivity index (χ1v) is 13.4. The van der Waals surface area contributed by atoms with Gasteiger partial charge in [-0.3, -0.25) is 14.2 Å². The van der Waals surface area contributed by atoms with Crippen molar-refractivity contribution in [2.45, 2.75) is 33.7 Å². The van der Waals surface area contributed by atoms with Gasteiger partial charge >= 0.3 is 11.9 Å². The van der Waals surface area contributed by atoms with Crippen LogP contribution in [0.4, 0.5) is 0 Å². The molecule has 0 spiro atoms. The number of benzene rings is 2. The van der Waals surface area contributed by atoms with Crippen LogP contribution in [-0.4, -0.2) is 43.9 Å². The first-order valence-electron chi connectivity index (χ1n) is 12.6. The largest absolute Gasteiger partial charge is 0.493 e. The topological polar surface area (TPSA) is 115 Å². The van der Waals surface area contributed by atoms with Crippen LogP contribution in [0, 0.1) is 0 Å². The Morgan fingerprint density at radius 1 is 1.00 bits per heavy atom. The van der Waals surface area contributed by atoms with Crippen LogP contribution in [0.1, 0.15) is 44.9 Å². The molecular formula is C29H30N2O8S. The fourth-order valence-corrected chi connectivity index (χ4v) is 5.46. The van der Waals surface area contributed by atoms with E-state index in [-0.39, 0.29) is 16.9 Å². The number of ether oxygens (including phenoxy) is 5. The molecule has 0 N–H and O–H groups in total. The molecule has 1 atom stereocenters. The Hall–Kier alpha value is -4.38. The van der Waals surface area contributed by atoms with Crippen molar-refractivity contribution in [1.82, 2.24) is 4.57 Å². The second-order valence-electron chi connectivity index (χ2n) is 8.65. The quantitative estimate of drug-likeness (QED) is 0.287. The number of nitrogens with zero attached hydrogens (tertiary/aromatic N) is 2. The molecule has 0 saturated carbocycles. The van der Waals surface area contributed by atoms with Crippen LogP contribution in [0.5, 0.6) is 23.0 Å². The van der Waals surface area contributed by atoms with E-state index in [0.29, 0.717) is 56.6 Å². The summed E-state index contributed by atoms with van der Waals surface area (Å²) in [6.45, 7) is 7.62. The van der Waals surface area contributed by atoms with Crippen molar-refractivity contribution in [3.63, 3.8) is 0 Å². The number of esters is 2. The number of thiazole rings is 1. The molecule has 1 unspecified atom stereocenters. The minimum atomic E-state index is -0.804. The van der Waals surface area contributed by atoms with E-state index >= 15 is 0 Å². The Kier molecular flexibility index (Phi) is 8.73. The van der Waals surface area contributed by atoms with Gasteiger partial charge in [0.05, 0.1) is 49.3 Å². The maximum atomic E-state index is 13.9. The van der Waals surface area contributed by atoms with Crippen LogP contribution < -0.4 is 33.8 Å². The molecule has 1 aromatic heterocycles. The van der Waals surface area contributed by atoms with E-state index < -0.39 is 18.0 Å². The van der Waals surface area contributed by atoms with Gasteiger partial charge in [-0.25, -0.2) is 9.79 Å². The van der Waals surface area contributed by atoms with E-state index in [1.165, 1.54) is 37.0 Å². The molecule has 0 bridgehead atoms. The van der Waals surface area contributed by atoms with E-state index in [4.69, 9.17) is 23.7 Å². The van der Waals surface area contributed by atoms with Gasteiger partial charge in [-0.2, -0.15) is 0 Å². The Morgan fingerprint density at radius 2 is 1.70 bits per heavy atom. The Labute approximate surface area is 234 Å². The zero-order valence-electron chi connectivity index (χ0n) is 23.1. The summed E-state index contributed by atoms with van der Waals surface area (Å²) in [6, 6.07) is 9.51. The van der Waals surface area contributed by atoms with Crippen LogP contribution >= 0.6 is 11.3 Å². The highest BCUT2D eigenvalue weighted by Crippen LogP contribution is 2.36. The van der Waals surface area contributed by atoms with Crippen LogP contribution in [0.15, 0.2) is 57.5 Å². The normalized spacial score (nSPS) is 14.8. The molecule has 2 heterocycles. The third-order valence-electron chi connectivity index (χ3n) is 6.05. The second-order valence-corrected chi connectivity index (χ2v) is 9.66. The van der Waals surface area contributed by atoms with Crippen LogP contribution in [-0.2, 0) is 14.3 Å². The number of carbonyl (C=O) groups excluding carboxylic acids is 2. The predicted molar refractivity (Wildman–Crippen MR) is 149 cm³/mol. The van der Waals surface area contributed by atoms with Crippen molar-refractivity contribution in [2.24, 2.45) is 4.99 Å². The van der Waals surface area contributed by atoms with E-state index in [0.717, 1.165) is 0 Å². The van der Waals surface area contributed by atoms with Gasteiger partial charge in [-0.15, -0.1) is 0 Å². The first-order chi connectivity index (χ1) is 19.2. The molecule has 2 aromatic carbocycles. The van der Waals surface area contributed by atoms with Crippen LogP contribution in [0.2, 0.25) is 0 Å². The highest BCUT2D eigenvalue weighted by molar-refractivity contribution is 7.07. The van der Waals surface area contributed by atoms with Gasteiger partial charge in [0, 0.05) is 6.92 Å². The Morgan fingerprint density at radius 3 is 2.35 bits per heavy atom. The number of methoxy groups -OCH3 is 2. The number of hydrogen-bond donors (Lipinski definition) is 0. The summed E-state index contributed by atoms with van der Waals surface area (Å²) in [5.41, 5.74) is 1.65. The molecule has 0 amide bonds. The van der Waals surface area contributed by atoms with Crippen molar-refractivity contribution < 1.29 is 33.3 Å². The van der Waals surface area contributed by atoms with Crippen LogP contribution in [0.3, 0.4) is 0 Å². The molecule has 40 heavy (non-hydrogen) atoms. The lowest BCUT2D eigenvalue weighted by Crippen LogP contribution is -2.39. The molecule has 3 aromatic rings. The first kappa shape index (κ1) is 28.6. The maximum Gasteiger partial charge on any atom is 0.338 e. The third kappa shape index (κ3) is 5.64. The molecule has 0 aliphatic carbocycles. The summed E-state index contributed by atoms with van der Waals surface area (Å²) in [5, 5.41) is 0. The van der Waals surface area contributed by atoms with E-state index in [2.05, 4.69) is 4.99 Å². The summed E-state index contributed by atoms with van der Waals surface area (Å²) in [6.07, 6.45) is 1.70. The van der Waals surface area contributed by atoms with Gasteiger partial charge in [0.25, 0.3) is 5.56 Å². The minimum Gasteiger partial charge on any atom is -0.493 e. The number of rotatable bonds is 9. The van der Waals surface area contributed by atoms with E-state index in [9.17, 15) is 14.4 Å². The summed E-state index contributed by atoms with van der Waals surface area (Å²) >= 11 is 1.19. The van der Waals surface area contributed by atoms with Gasteiger partial charge < -0.3 is 23.7 Å². The molecule has 210 valence electrons. The number of carbonyl (C=O) groups is 2. The van der Waals surface area contributed by atoms with Crippen molar-refractivity contribution in [1.29, 1.82) is 0 Å². The average molecular weight is 567 g/mol. The van der Waals surface area contributed by atoms with E-state index in [1.54, 1.807) is 49.4 Å². The molecule has 1 aliphatic rings. The molecule has 0 radical (unpaired) electrons. The summed E-state index contributed by atoms with van der Waals surface area (Å²) in [5.74, 6) is 0.620. The average Bonchev–Trinajstić information content (AvgIpc) is 3.23. The number of aromatic nitrogens is 1. The molecule has 0 saturated heterocycles. The lowest BCUT2D eigenvalue weighted by molar-refractivity contribution is -0.136. The highest BCUT2D eigenvalue weighted by Gasteiger charge is 2.33. The SMILES string of the molecule is CCOc1ccc(C2C(C(=O)OC)=C(C)N=c3s/c(=C\c4ccc(OC(C)=O)c(OC)c4)c(=O)n32)cc1OCC. The van der Waals surface area contributed by atoms with Crippen molar-refractivity contribution in [3.05, 3.63) is 78.5 Å². The second kappa shape index (κ2) is 12.2. The standard InChI is InChI=1S/C29H30N2O8S/c1-7-37-20-12-10-19(15-23(20)38-8-2)26-25(28(34)36-6)16(3)30-29-31(26)27(33)24(40-29)14-18-9-11-21(39-17(4)32)22(13-18)35-5/h9-15,26H,7-8H2,1-6H3/b24-14-. The smallest absolute Gasteiger partial charge is 0.338 e. The van der Waals surface area contributed by atoms with Gasteiger partial charge in [-0.1, -0.05) is 23.5 Å². The third-order valence-corrected chi connectivity index (χ3v) is 7.03. The summed E-state index contributed by atoms with van der Waals surface area (Å²) in [7, 11) is 2.76. The lowest BCUT2D eigenvalue weighted by atomic mass is 9.95. The predicted octanol–water partition coefficient (Wildman–Crippen LogP) is 3.14. The molecule has 4 rings (SSSR count). The molecule has 10 nitrogen and oxygen atoms in total. The molecule has 11 heteroatoms. The van der Waals surface area contributed by atoms with Gasteiger partial charge in [-0.05, 0) is 62.2 Å². The maximum absolute atomic E-state index is 13.9. The van der Waals surface area contributed by atoms with E-state index in [1.807, 2.05) is 13.8 Å². The van der Waals surface area contributed by atoms with Crippen molar-refractivity contribution >= 4 is 29.4 Å². The van der Waals surface area contributed by atoms with Gasteiger partial charge in [0.1, 0.15) is 0 Å². The van der Waals surface area contributed by atoms with Crippen molar-refractivity contribution in [2.75, 3.05) is 27.4 Å². The van der Waals surface area contributed by atoms with Gasteiger partial charge in [0.2, 0.25) is 0 Å². The minimum absolute atomic E-state index is 0.250. The molecular weight excluding hydrogens is 536 g/mol. The summed E-state index contributed by atoms with van der Waals surface area (Å²) in [4.78, 5) is 43.3.